The minimum Gasteiger partial charge on any atom is -0.172 e. The Balaban J connectivity index is 1.17. The van der Waals surface area contributed by atoms with Crippen molar-refractivity contribution in [3.8, 4) is 40.4 Å². The van der Waals surface area contributed by atoms with Gasteiger partial charge in [-0.25, -0.2) is 0 Å². The van der Waals surface area contributed by atoms with Crippen LogP contribution in [0.1, 0.15) is 81.4 Å². The molecule has 0 amide bonds. The molecule has 7 heteroatoms. The topological polar surface area (TPSA) is 25.8 Å². The molecular weight excluding hydrogens is 609 g/mol. The first-order valence-corrected chi connectivity index (χ1v) is 19.4. The van der Waals surface area contributed by atoms with Crippen LogP contribution in [0.3, 0.4) is 0 Å². The Kier molecular flexibility index (Phi) is 10.3. The van der Waals surface area contributed by atoms with Crippen LogP contribution in [0.2, 0.25) is 0 Å². The van der Waals surface area contributed by atoms with E-state index in [1.807, 2.05) is 45.3 Å². The first-order chi connectivity index (χ1) is 20.7. The Hall–Kier alpha value is -2.16. The van der Waals surface area contributed by atoms with Crippen LogP contribution in [0.15, 0.2) is 60.7 Å². The Bertz CT molecular complexity index is 1710. The number of fused-ring (bicyclic) bond motifs is 1. The van der Waals surface area contributed by atoms with Crippen molar-refractivity contribution < 1.29 is 0 Å². The smallest absolute Gasteiger partial charge is 0.114 e. The Morgan fingerprint density at radius 2 is 0.833 bits per heavy atom. The van der Waals surface area contributed by atoms with Gasteiger partial charge in [-0.05, 0) is 74.2 Å². The molecule has 0 aliphatic carbocycles. The predicted octanol–water partition coefficient (Wildman–Crippen LogP) is 13.2. The van der Waals surface area contributed by atoms with E-state index in [1.165, 1.54) is 133 Å². The summed E-state index contributed by atoms with van der Waals surface area (Å²) in [6, 6.07) is 22.8. The second-order valence-electron chi connectivity index (χ2n) is 11.0. The molecule has 0 N–H and O–H groups in total. The van der Waals surface area contributed by atoms with E-state index < -0.39 is 0 Å². The van der Waals surface area contributed by atoms with Gasteiger partial charge in [0.05, 0.1) is 11.7 Å². The summed E-state index contributed by atoms with van der Waals surface area (Å²) in [4.78, 5) is 11.0. The zero-order chi connectivity index (χ0) is 28.7. The van der Waals surface area contributed by atoms with Gasteiger partial charge in [-0.3, -0.25) is 0 Å². The lowest BCUT2D eigenvalue weighted by atomic mass is 10.1. The highest BCUT2D eigenvalue weighted by molar-refractivity contribution is 7.24. The Morgan fingerprint density at radius 3 is 1.33 bits per heavy atom. The second kappa shape index (κ2) is 14.5. The minimum absolute atomic E-state index is 1.02. The number of aryl methyl sites for hydroxylation is 2. The van der Waals surface area contributed by atoms with Crippen molar-refractivity contribution in [2.45, 2.75) is 84.5 Å². The fourth-order valence-corrected chi connectivity index (χ4v) is 10.3. The third-order valence-electron chi connectivity index (χ3n) is 7.77. The van der Waals surface area contributed by atoms with Crippen LogP contribution in [-0.4, -0.2) is 8.75 Å². The van der Waals surface area contributed by atoms with E-state index in [0.29, 0.717) is 0 Å². The van der Waals surface area contributed by atoms with Crippen molar-refractivity contribution in [2.24, 2.45) is 0 Å². The van der Waals surface area contributed by atoms with Crippen LogP contribution in [-0.2, 0) is 12.8 Å². The lowest BCUT2D eigenvalue weighted by Crippen LogP contribution is -1.81. The minimum atomic E-state index is 1.02. The number of hydrogen-bond acceptors (Lipinski definition) is 7. The summed E-state index contributed by atoms with van der Waals surface area (Å²) in [6.45, 7) is 4.55. The van der Waals surface area contributed by atoms with Gasteiger partial charge in [0.1, 0.15) is 11.0 Å². The van der Waals surface area contributed by atoms with Crippen LogP contribution >= 0.6 is 57.1 Å². The first-order valence-electron chi connectivity index (χ1n) is 15.4. The highest BCUT2D eigenvalue weighted by atomic mass is 32.1. The quantitative estimate of drug-likeness (QED) is 0.104. The van der Waals surface area contributed by atoms with E-state index in [2.05, 4.69) is 74.5 Å². The summed E-state index contributed by atoms with van der Waals surface area (Å²) < 4.78 is 9.56. The molecule has 0 radical (unpaired) electrons. The van der Waals surface area contributed by atoms with Gasteiger partial charge in [0.2, 0.25) is 0 Å². The van der Waals surface area contributed by atoms with E-state index in [0.717, 1.165) is 11.0 Å². The van der Waals surface area contributed by atoms with Gasteiger partial charge >= 0.3 is 0 Å². The lowest BCUT2D eigenvalue weighted by molar-refractivity contribution is 0.634. The van der Waals surface area contributed by atoms with Crippen molar-refractivity contribution in [3.63, 3.8) is 0 Å². The largest absolute Gasteiger partial charge is 0.172 e. The van der Waals surface area contributed by atoms with Crippen LogP contribution in [0.25, 0.3) is 51.4 Å². The van der Waals surface area contributed by atoms with Gasteiger partial charge < -0.3 is 0 Å². The molecule has 0 aliphatic rings. The highest BCUT2D eigenvalue weighted by Crippen LogP contribution is 2.44. The predicted molar refractivity (Wildman–Crippen MR) is 191 cm³/mol. The van der Waals surface area contributed by atoms with Crippen LogP contribution < -0.4 is 0 Å². The van der Waals surface area contributed by atoms with Gasteiger partial charge in [0.15, 0.2) is 0 Å². The standard InChI is InChI=1S/C35H38N2S5/c1-3-5-7-9-11-13-25-15-19-31(39-25)33-23-21-29(41-33)27-17-16-26(34-35(27)37-42-36-34)28-20-22-32(40-28)30-18-14-24(38-30)12-10-8-6-4-2/h14-23H,3-13H2,1-2H3. The van der Waals surface area contributed by atoms with E-state index in [4.69, 9.17) is 8.75 Å². The summed E-state index contributed by atoms with van der Waals surface area (Å²) in [5.74, 6) is 0. The number of aromatic nitrogens is 2. The van der Waals surface area contributed by atoms with Gasteiger partial charge in [-0.1, -0.05) is 70.9 Å². The van der Waals surface area contributed by atoms with Crippen molar-refractivity contribution >= 4 is 68.1 Å². The normalized spacial score (nSPS) is 11.7. The molecule has 1 aromatic carbocycles. The van der Waals surface area contributed by atoms with E-state index in [-0.39, 0.29) is 0 Å². The molecule has 0 aliphatic heterocycles. The van der Waals surface area contributed by atoms with Gasteiger partial charge in [0, 0.05) is 50.1 Å². The summed E-state index contributed by atoms with van der Waals surface area (Å²) >= 11 is 8.97. The molecular formula is C35H38N2S5. The fraction of sp³-hybridized carbons (Fsp3) is 0.371. The number of hydrogen-bond donors (Lipinski definition) is 0. The molecule has 0 bridgehead atoms. The number of thiophene rings is 4. The van der Waals surface area contributed by atoms with Crippen molar-refractivity contribution in [1.82, 2.24) is 8.75 Å². The van der Waals surface area contributed by atoms with Gasteiger partial charge in [-0.15, -0.1) is 45.3 Å². The fourth-order valence-electron chi connectivity index (χ4n) is 5.41. The molecule has 2 nitrogen and oxygen atoms in total. The third-order valence-corrected chi connectivity index (χ3v) is 13.2. The zero-order valence-electron chi connectivity index (χ0n) is 24.5. The first kappa shape index (κ1) is 29.9. The molecule has 42 heavy (non-hydrogen) atoms. The average molecular weight is 647 g/mol. The number of benzene rings is 1. The molecule has 6 aromatic rings. The average Bonchev–Trinajstić information content (AvgIpc) is 3.84. The zero-order valence-corrected chi connectivity index (χ0v) is 28.6. The van der Waals surface area contributed by atoms with Crippen LogP contribution in [0, 0.1) is 0 Å². The maximum absolute atomic E-state index is 4.78. The Morgan fingerprint density at radius 1 is 0.429 bits per heavy atom. The van der Waals surface area contributed by atoms with Crippen molar-refractivity contribution in [3.05, 3.63) is 70.4 Å². The SMILES string of the molecule is CCCCCCCc1ccc(-c2ccc(-c3ccc(-c4ccc(-c5ccc(CCCCCC)s5)s4)c4nsnc34)s2)s1. The molecule has 0 unspecified atom stereocenters. The molecule has 0 atom stereocenters. The molecule has 218 valence electrons. The molecule has 0 fully saturated rings. The van der Waals surface area contributed by atoms with Gasteiger partial charge in [-0.2, -0.15) is 8.75 Å². The molecule has 5 aromatic heterocycles. The summed E-state index contributed by atoms with van der Waals surface area (Å²) in [5.41, 5.74) is 4.42. The summed E-state index contributed by atoms with van der Waals surface area (Å²) in [6.07, 6.45) is 14.3. The number of nitrogens with zero attached hydrogens (tertiary/aromatic N) is 2. The molecule has 0 saturated heterocycles. The Labute approximate surface area is 270 Å². The third kappa shape index (κ3) is 6.97. The van der Waals surface area contributed by atoms with E-state index >= 15 is 0 Å². The molecule has 5 heterocycles. The van der Waals surface area contributed by atoms with Crippen LogP contribution in [0.5, 0.6) is 0 Å². The number of unbranched alkanes of at least 4 members (excludes halogenated alkanes) is 7. The monoisotopic (exact) mass is 646 g/mol. The van der Waals surface area contributed by atoms with E-state index in [9.17, 15) is 0 Å². The summed E-state index contributed by atoms with van der Waals surface area (Å²) in [7, 11) is 0. The molecule has 0 saturated carbocycles. The second-order valence-corrected chi connectivity index (χ2v) is 16.0. The van der Waals surface area contributed by atoms with Crippen molar-refractivity contribution in [1.29, 1.82) is 0 Å². The molecule has 0 spiro atoms. The number of rotatable bonds is 15. The molecule has 6 rings (SSSR count). The van der Waals surface area contributed by atoms with E-state index in [1.54, 1.807) is 0 Å². The van der Waals surface area contributed by atoms with Crippen LogP contribution in [0.4, 0.5) is 0 Å². The lowest BCUT2D eigenvalue weighted by Gasteiger charge is -2.03. The van der Waals surface area contributed by atoms with Crippen molar-refractivity contribution in [2.75, 3.05) is 0 Å². The maximum Gasteiger partial charge on any atom is 0.114 e. The van der Waals surface area contributed by atoms with Gasteiger partial charge in [0.25, 0.3) is 0 Å². The highest BCUT2D eigenvalue weighted by Gasteiger charge is 2.17. The maximum atomic E-state index is 4.78. The summed E-state index contributed by atoms with van der Waals surface area (Å²) in [5, 5.41) is 0.